The molecule has 0 bridgehead atoms. The quantitative estimate of drug-likeness (QED) is 0.702. The van der Waals surface area contributed by atoms with Crippen LogP contribution in [0.2, 0.25) is 0 Å². The maximum atomic E-state index is 13.0. The molecule has 2 aromatic rings. The lowest BCUT2D eigenvalue weighted by Gasteiger charge is -2.51. The van der Waals surface area contributed by atoms with Gasteiger partial charge >= 0.3 is 0 Å². The highest BCUT2D eigenvalue weighted by Crippen LogP contribution is 2.50. The highest BCUT2D eigenvalue weighted by Gasteiger charge is 2.47. The predicted octanol–water partition coefficient (Wildman–Crippen LogP) is 5.70. The molecule has 0 aromatic heterocycles. The van der Waals surface area contributed by atoms with E-state index in [1.54, 1.807) is 0 Å². The molecule has 2 nitrogen and oxygen atoms in total. The van der Waals surface area contributed by atoms with E-state index in [4.69, 9.17) is 0 Å². The number of anilines is 1. The van der Waals surface area contributed by atoms with Gasteiger partial charge in [-0.1, -0.05) is 68.8 Å². The topological polar surface area (TPSA) is 20.3 Å². The molecule has 0 spiro atoms. The normalized spacial score (nSPS) is 21.7. The molecule has 1 unspecified atom stereocenters. The van der Waals surface area contributed by atoms with E-state index in [9.17, 15) is 4.79 Å². The summed E-state index contributed by atoms with van der Waals surface area (Å²) >= 11 is 0. The molecule has 132 valence electrons. The number of hydrogen-bond donors (Lipinski definition) is 0. The lowest BCUT2D eigenvalue weighted by atomic mass is 9.65. The van der Waals surface area contributed by atoms with Gasteiger partial charge in [0.25, 0.3) is 0 Å². The van der Waals surface area contributed by atoms with E-state index in [2.05, 4.69) is 81.1 Å². The molecular formula is C23H29NO. The molecule has 1 heterocycles. The smallest absolute Gasteiger partial charge is 0.227 e. The largest absolute Gasteiger partial charge is 0.307 e. The summed E-state index contributed by atoms with van der Waals surface area (Å²) in [6.45, 7) is 8.85. The van der Waals surface area contributed by atoms with Crippen molar-refractivity contribution in [3.8, 4) is 0 Å². The molecule has 1 amide bonds. The van der Waals surface area contributed by atoms with Gasteiger partial charge in [-0.05, 0) is 43.9 Å². The number of para-hydroxylation sites is 1. The Hall–Kier alpha value is -2.09. The van der Waals surface area contributed by atoms with Gasteiger partial charge in [-0.15, -0.1) is 0 Å². The monoisotopic (exact) mass is 335 g/mol. The van der Waals surface area contributed by atoms with E-state index in [-0.39, 0.29) is 16.9 Å². The standard InChI is InChI=1S/C23H29NO/c1-5-6-16-21(25)24-20-15-11-10-14-19(20)23(4,17-22(24,2)3)18-12-8-7-9-13-18/h7-15H,5-6,16-17H2,1-4H3. The second-order valence-electron chi connectivity index (χ2n) is 8.04. The highest BCUT2D eigenvalue weighted by atomic mass is 16.2. The molecule has 0 radical (unpaired) electrons. The summed E-state index contributed by atoms with van der Waals surface area (Å²) in [6.07, 6.45) is 3.53. The molecule has 0 saturated heterocycles. The minimum atomic E-state index is -0.218. The van der Waals surface area contributed by atoms with Crippen molar-refractivity contribution in [3.05, 3.63) is 65.7 Å². The molecule has 0 N–H and O–H groups in total. The van der Waals surface area contributed by atoms with Gasteiger partial charge in [0.15, 0.2) is 0 Å². The lowest BCUT2D eigenvalue weighted by Crippen LogP contribution is -2.55. The van der Waals surface area contributed by atoms with Gasteiger partial charge in [-0.3, -0.25) is 4.79 Å². The molecule has 0 fully saturated rings. The van der Waals surface area contributed by atoms with Gasteiger partial charge in [0.1, 0.15) is 0 Å². The van der Waals surface area contributed by atoms with Crippen LogP contribution in [0.1, 0.15) is 64.5 Å². The summed E-state index contributed by atoms with van der Waals surface area (Å²) in [4.78, 5) is 15.1. The average molecular weight is 335 g/mol. The Morgan fingerprint density at radius 2 is 1.64 bits per heavy atom. The second kappa shape index (κ2) is 6.67. The van der Waals surface area contributed by atoms with Gasteiger partial charge in [0.05, 0.1) is 0 Å². The lowest BCUT2D eigenvalue weighted by molar-refractivity contribution is -0.120. The van der Waals surface area contributed by atoms with Crippen molar-refractivity contribution < 1.29 is 4.79 Å². The van der Waals surface area contributed by atoms with Crippen molar-refractivity contribution in [2.45, 2.75) is 64.3 Å². The van der Waals surface area contributed by atoms with Crippen molar-refractivity contribution >= 4 is 11.6 Å². The molecule has 0 aliphatic carbocycles. The Morgan fingerprint density at radius 3 is 2.32 bits per heavy atom. The zero-order valence-electron chi connectivity index (χ0n) is 15.9. The minimum absolute atomic E-state index is 0.0944. The van der Waals surface area contributed by atoms with E-state index in [0.29, 0.717) is 6.42 Å². The van der Waals surface area contributed by atoms with Crippen LogP contribution in [0.5, 0.6) is 0 Å². The fourth-order valence-corrected chi connectivity index (χ4v) is 4.48. The van der Waals surface area contributed by atoms with Crippen LogP contribution in [0.15, 0.2) is 54.6 Å². The van der Waals surface area contributed by atoms with Gasteiger partial charge in [0.2, 0.25) is 5.91 Å². The zero-order chi connectivity index (χ0) is 18.1. The first-order chi connectivity index (χ1) is 11.9. The second-order valence-corrected chi connectivity index (χ2v) is 8.04. The molecule has 0 saturated carbocycles. The van der Waals surface area contributed by atoms with Gasteiger partial charge in [-0.25, -0.2) is 0 Å². The molecule has 1 aliphatic rings. The van der Waals surface area contributed by atoms with Crippen LogP contribution in [0.4, 0.5) is 5.69 Å². The number of carbonyl (C=O) groups excluding carboxylic acids is 1. The van der Waals surface area contributed by atoms with E-state index < -0.39 is 0 Å². The van der Waals surface area contributed by atoms with Crippen LogP contribution in [0, 0.1) is 0 Å². The molecular weight excluding hydrogens is 306 g/mol. The number of amides is 1. The molecule has 25 heavy (non-hydrogen) atoms. The summed E-state index contributed by atoms with van der Waals surface area (Å²) in [5, 5.41) is 0. The molecule has 2 aromatic carbocycles. The van der Waals surface area contributed by atoms with Crippen LogP contribution in [-0.2, 0) is 10.2 Å². The maximum absolute atomic E-state index is 13.0. The maximum Gasteiger partial charge on any atom is 0.227 e. The van der Waals surface area contributed by atoms with Crippen LogP contribution in [0.3, 0.4) is 0 Å². The first kappa shape index (κ1) is 17.7. The summed E-state index contributed by atoms with van der Waals surface area (Å²) in [5.74, 6) is 0.245. The Bertz CT molecular complexity index is 750. The summed E-state index contributed by atoms with van der Waals surface area (Å²) in [5.41, 5.74) is 3.33. The average Bonchev–Trinajstić information content (AvgIpc) is 2.60. The fraction of sp³-hybridized carbons (Fsp3) is 0.435. The third kappa shape index (κ3) is 3.10. The third-order valence-electron chi connectivity index (χ3n) is 5.54. The Kier molecular flexibility index (Phi) is 4.73. The highest BCUT2D eigenvalue weighted by molar-refractivity contribution is 5.96. The predicted molar refractivity (Wildman–Crippen MR) is 105 cm³/mol. The Morgan fingerprint density at radius 1 is 1.00 bits per heavy atom. The number of hydrogen-bond acceptors (Lipinski definition) is 1. The number of carbonyl (C=O) groups is 1. The summed E-state index contributed by atoms with van der Waals surface area (Å²) in [6, 6.07) is 19.1. The van der Waals surface area contributed by atoms with Gasteiger partial charge in [0, 0.05) is 23.1 Å². The minimum Gasteiger partial charge on any atom is -0.307 e. The van der Waals surface area contributed by atoms with Crippen LogP contribution in [-0.4, -0.2) is 11.4 Å². The third-order valence-corrected chi connectivity index (χ3v) is 5.54. The van der Waals surface area contributed by atoms with Gasteiger partial charge < -0.3 is 4.90 Å². The number of fused-ring (bicyclic) bond motifs is 1. The Balaban J connectivity index is 2.13. The number of nitrogens with zero attached hydrogens (tertiary/aromatic N) is 1. The SMILES string of the molecule is CCCCC(=O)N1c2ccccc2C(C)(c2ccccc2)CC1(C)C. The van der Waals surface area contributed by atoms with E-state index in [1.165, 1.54) is 11.1 Å². The van der Waals surface area contributed by atoms with Crippen molar-refractivity contribution in [2.75, 3.05) is 4.90 Å². The van der Waals surface area contributed by atoms with Crippen molar-refractivity contribution in [1.82, 2.24) is 0 Å². The first-order valence-corrected chi connectivity index (χ1v) is 9.38. The first-order valence-electron chi connectivity index (χ1n) is 9.38. The van der Waals surface area contributed by atoms with E-state index >= 15 is 0 Å². The van der Waals surface area contributed by atoms with E-state index in [1.807, 2.05) is 6.07 Å². The molecule has 1 aliphatic heterocycles. The van der Waals surface area contributed by atoms with Crippen LogP contribution < -0.4 is 4.90 Å². The zero-order valence-corrected chi connectivity index (χ0v) is 15.9. The van der Waals surface area contributed by atoms with Crippen LogP contribution in [0.25, 0.3) is 0 Å². The fourth-order valence-electron chi connectivity index (χ4n) is 4.48. The summed E-state index contributed by atoms with van der Waals surface area (Å²) < 4.78 is 0. The van der Waals surface area contributed by atoms with E-state index in [0.717, 1.165) is 24.9 Å². The molecule has 3 rings (SSSR count). The van der Waals surface area contributed by atoms with Crippen molar-refractivity contribution in [3.63, 3.8) is 0 Å². The number of rotatable bonds is 4. The molecule has 1 atom stereocenters. The summed E-state index contributed by atoms with van der Waals surface area (Å²) in [7, 11) is 0. The molecule has 2 heteroatoms. The number of benzene rings is 2. The van der Waals surface area contributed by atoms with Gasteiger partial charge in [-0.2, -0.15) is 0 Å². The van der Waals surface area contributed by atoms with Crippen molar-refractivity contribution in [2.24, 2.45) is 0 Å². The van der Waals surface area contributed by atoms with Crippen molar-refractivity contribution in [1.29, 1.82) is 0 Å². The van der Waals surface area contributed by atoms with Crippen LogP contribution >= 0.6 is 0 Å². The number of unbranched alkanes of at least 4 members (excludes halogenated alkanes) is 1. The Labute approximate surface area is 151 Å².